The summed E-state index contributed by atoms with van der Waals surface area (Å²) in [6.45, 7) is 7.52. The fraction of sp³-hybridized carbons (Fsp3) is 0.364. The Hall–Kier alpha value is -2.86. The van der Waals surface area contributed by atoms with Crippen molar-refractivity contribution >= 4 is 27.8 Å². The number of pyridine rings is 1. The Morgan fingerprint density at radius 3 is 2.86 bits per heavy atom. The standard InChI is InChI=1S/C16H16N2O.C6H11NO2/c1-3-4-9-18-10-11(2)14-12-7-5-6-8-13(12)17-16(19)15(14)18;1-9-6(8)5-3-2-4-7-5/h3,5-8,10H,1,4,9H2,2H3,(H,17,19);5,7H,2-4H2,1H3. The minimum absolute atomic E-state index is 0.0223. The third-order valence-electron chi connectivity index (χ3n) is 5.05. The zero-order valence-corrected chi connectivity index (χ0v) is 16.5. The summed E-state index contributed by atoms with van der Waals surface area (Å²) in [7, 11) is 1.42. The average Bonchev–Trinajstić information content (AvgIpc) is 3.35. The molecule has 2 aromatic heterocycles. The fourth-order valence-corrected chi connectivity index (χ4v) is 3.70. The molecule has 3 aromatic rings. The van der Waals surface area contributed by atoms with Gasteiger partial charge in [0.15, 0.2) is 0 Å². The van der Waals surface area contributed by atoms with E-state index in [-0.39, 0.29) is 17.6 Å². The number of hydrogen-bond donors (Lipinski definition) is 2. The van der Waals surface area contributed by atoms with Crippen LogP contribution in [0.15, 0.2) is 47.9 Å². The summed E-state index contributed by atoms with van der Waals surface area (Å²) in [5.74, 6) is -0.132. The molecule has 0 bridgehead atoms. The lowest BCUT2D eigenvalue weighted by atomic mass is 10.1. The van der Waals surface area contributed by atoms with Crippen molar-refractivity contribution < 1.29 is 9.53 Å². The van der Waals surface area contributed by atoms with Crippen LogP contribution >= 0.6 is 0 Å². The number of carbonyl (C=O) groups excluding carboxylic acids is 1. The van der Waals surface area contributed by atoms with E-state index < -0.39 is 0 Å². The summed E-state index contributed by atoms with van der Waals surface area (Å²) >= 11 is 0. The van der Waals surface area contributed by atoms with Gasteiger partial charge in [0, 0.05) is 29.0 Å². The van der Waals surface area contributed by atoms with Gasteiger partial charge in [0.25, 0.3) is 5.56 Å². The van der Waals surface area contributed by atoms with Crippen molar-refractivity contribution in [3.8, 4) is 0 Å². The second-order valence-electron chi connectivity index (χ2n) is 6.98. The lowest BCUT2D eigenvalue weighted by molar-refractivity contribution is -0.142. The van der Waals surface area contributed by atoms with Crippen LogP contribution in [0.2, 0.25) is 0 Å². The quantitative estimate of drug-likeness (QED) is 0.537. The third kappa shape index (κ3) is 4.02. The van der Waals surface area contributed by atoms with Crippen molar-refractivity contribution in [2.75, 3.05) is 13.7 Å². The monoisotopic (exact) mass is 381 g/mol. The van der Waals surface area contributed by atoms with E-state index in [0.29, 0.717) is 0 Å². The number of hydrogen-bond acceptors (Lipinski definition) is 4. The second kappa shape index (κ2) is 8.89. The first kappa shape index (κ1) is 19.9. The highest BCUT2D eigenvalue weighted by Crippen LogP contribution is 2.25. The van der Waals surface area contributed by atoms with E-state index in [2.05, 4.69) is 40.8 Å². The van der Waals surface area contributed by atoms with E-state index in [0.717, 1.165) is 59.7 Å². The van der Waals surface area contributed by atoms with E-state index in [4.69, 9.17) is 0 Å². The van der Waals surface area contributed by atoms with Crippen LogP contribution in [0.25, 0.3) is 21.8 Å². The van der Waals surface area contributed by atoms with Crippen molar-refractivity contribution in [3.05, 3.63) is 59.0 Å². The molecule has 1 aliphatic heterocycles. The number of carbonyl (C=O) groups is 1. The molecule has 28 heavy (non-hydrogen) atoms. The minimum atomic E-state index is -0.132. The first-order valence-corrected chi connectivity index (χ1v) is 9.59. The Morgan fingerprint density at radius 1 is 1.39 bits per heavy atom. The number of nitrogens with zero attached hydrogens (tertiary/aromatic N) is 1. The van der Waals surface area contributed by atoms with Crippen LogP contribution in [0.1, 0.15) is 24.8 Å². The number of allylic oxidation sites excluding steroid dienone is 1. The molecule has 4 rings (SSSR count). The average molecular weight is 381 g/mol. The van der Waals surface area contributed by atoms with Crippen molar-refractivity contribution in [2.45, 2.75) is 38.8 Å². The Kier molecular flexibility index (Phi) is 6.31. The number of para-hydroxylation sites is 1. The largest absolute Gasteiger partial charge is 0.468 e. The maximum absolute atomic E-state index is 12.3. The van der Waals surface area contributed by atoms with E-state index in [1.54, 1.807) is 0 Å². The zero-order chi connectivity index (χ0) is 20.1. The summed E-state index contributed by atoms with van der Waals surface area (Å²) in [5.41, 5.74) is 2.77. The number of aryl methyl sites for hydroxylation is 2. The molecule has 6 heteroatoms. The third-order valence-corrected chi connectivity index (χ3v) is 5.05. The van der Waals surface area contributed by atoms with Gasteiger partial charge in [-0.15, -0.1) is 6.58 Å². The van der Waals surface area contributed by atoms with Crippen molar-refractivity contribution in [2.24, 2.45) is 0 Å². The lowest BCUT2D eigenvalue weighted by Gasteiger charge is -2.04. The number of aromatic nitrogens is 2. The predicted octanol–water partition coefficient (Wildman–Crippen LogP) is 3.28. The van der Waals surface area contributed by atoms with Crippen LogP contribution in [-0.2, 0) is 16.1 Å². The van der Waals surface area contributed by atoms with Crippen LogP contribution in [0.5, 0.6) is 0 Å². The number of rotatable bonds is 4. The first-order valence-electron chi connectivity index (χ1n) is 9.59. The second-order valence-corrected chi connectivity index (χ2v) is 6.98. The van der Waals surface area contributed by atoms with Crippen molar-refractivity contribution in [1.29, 1.82) is 0 Å². The number of esters is 1. The molecule has 148 valence electrons. The summed E-state index contributed by atoms with van der Waals surface area (Å²) < 4.78 is 6.56. The lowest BCUT2D eigenvalue weighted by Crippen LogP contribution is -2.31. The van der Waals surface area contributed by atoms with Crippen LogP contribution < -0.4 is 10.9 Å². The molecule has 1 aromatic carbocycles. The van der Waals surface area contributed by atoms with Crippen molar-refractivity contribution in [1.82, 2.24) is 14.9 Å². The van der Waals surface area contributed by atoms with Crippen LogP contribution in [0.4, 0.5) is 0 Å². The molecule has 0 aliphatic carbocycles. The zero-order valence-electron chi connectivity index (χ0n) is 16.5. The summed E-state index contributed by atoms with van der Waals surface area (Å²) in [6.07, 6.45) is 6.79. The molecular weight excluding hydrogens is 354 g/mol. The van der Waals surface area contributed by atoms with Gasteiger partial charge in [0.05, 0.1) is 7.11 Å². The van der Waals surface area contributed by atoms with Gasteiger partial charge in [-0.3, -0.25) is 9.59 Å². The van der Waals surface area contributed by atoms with Gasteiger partial charge >= 0.3 is 5.97 Å². The van der Waals surface area contributed by atoms with Gasteiger partial charge in [-0.25, -0.2) is 0 Å². The van der Waals surface area contributed by atoms with Crippen molar-refractivity contribution in [3.63, 3.8) is 0 Å². The summed E-state index contributed by atoms with van der Waals surface area (Å²) in [4.78, 5) is 26.0. The number of H-pyrrole nitrogens is 1. The van der Waals surface area contributed by atoms with E-state index in [1.165, 1.54) is 7.11 Å². The number of benzene rings is 1. The molecule has 1 atom stereocenters. The van der Waals surface area contributed by atoms with E-state index in [9.17, 15) is 9.59 Å². The molecule has 0 radical (unpaired) electrons. The molecule has 0 amide bonds. The number of methoxy groups -OCH3 is 1. The number of fused-ring (bicyclic) bond motifs is 3. The van der Waals surface area contributed by atoms with E-state index >= 15 is 0 Å². The van der Waals surface area contributed by atoms with Crippen LogP contribution in [-0.4, -0.2) is 35.2 Å². The highest BCUT2D eigenvalue weighted by molar-refractivity contribution is 6.06. The predicted molar refractivity (Wildman–Crippen MR) is 113 cm³/mol. The molecule has 1 unspecified atom stereocenters. The Bertz CT molecular complexity index is 1040. The maximum atomic E-state index is 12.3. The number of aromatic amines is 1. The van der Waals surface area contributed by atoms with Crippen LogP contribution in [0.3, 0.4) is 0 Å². The molecular formula is C22H27N3O3. The summed E-state index contributed by atoms with van der Waals surface area (Å²) in [5, 5.41) is 5.20. The fourth-order valence-electron chi connectivity index (χ4n) is 3.70. The maximum Gasteiger partial charge on any atom is 0.322 e. The molecule has 2 N–H and O–H groups in total. The molecule has 1 fully saturated rings. The Morgan fingerprint density at radius 2 is 2.18 bits per heavy atom. The Balaban J connectivity index is 0.000000211. The number of ether oxygens (including phenoxy) is 1. The van der Waals surface area contributed by atoms with Crippen LogP contribution in [0, 0.1) is 6.92 Å². The SMILES string of the molecule is C=CCCn1cc(C)c2c3ccccc3[nH]c(=O)c21.COC(=O)C1CCCN1. The normalized spacial score (nSPS) is 16.0. The molecule has 1 aliphatic rings. The molecule has 0 saturated carbocycles. The van der Waals surface area contributed by atoms with Gasteiger partial charge in [-0.2, -0.15) is 0 Å². The van der Waals surface area contributed by atoms with Gasteiger partial charge in [0.2, 0.25) is 0 Å². The summed E-state index contributed by atoms with van der Waals surface area (Å²) in [6, 6.07) is 7.90. The van der Waals surface area contributed by atoms with Gasteiger partial charge < -0.3 is 19.6 Å². The Labute approximate surface area is 164 Å². The van der Waals surface area contributed by atoms with Gasteiger partial charge in [0.1, 0.15) is 11.6 Å². The van der Waals surface area contributed by atoms with Gasteiger partial charge in [-0.05, 0) is 44.4 Å². The smallest absolute Gasteiger partial charge is 0.322 e. The topological polar surface area (TPSA) is 76.1 Å². The highest BCUT2D eigenvalue weighted by atomic mass is 16.5. The van der Waals surface area contributed by atoms with E-state index in [1.807, 2.05) is 28.8 Å². The number of nitrogens with one attached hydrogen (secondary N) is 2. The highest BCUT2D eigenvalue weighted by Gasteiger charge is 2.21. The molecule has 6 nitrogen and oxygen atoms in total. The molecule has 1 saturated heterocycles. The minimum Gasteiger partial charge on any atom is -0.468 e. The van der Waals surface area contributed by atoms with Gasteiger partial charge in [-0.1, -0.05) is 24.3 Å². The molecule has 3 heterocycles. The molecule has 0 spiro atoms. The first-order chi connectivity index (χ1) is 13.6.